The fourth-order valence-corrected chi connectivity index (χ4v) is 2.03. The first-order valence-electron chi connectivity index (χ1n) is 5.59. The van der Waals surface area contributed by atoms with Crippen LogP contribution in [-0.4, -0.2) is 31.6 Å². The molecule has 3 heteroatoms. The second-order valence-electron chi connectivity index (χ2n) is 4.37. The van der Waals surface area contributed by atoms with Gasteiger partial charge >= 0.3 is 0 Å². The van der Waals surface area contributed by atoms with Crippen molar-refractivity contribution in [2.24, 2.45) is 5.92 Å². The highest BCUT2D eigenvalue weighted by molar-refractivity contribution is 5.36. The molecule has 0 aromatic heterocycles. The zero-order valence-electron chi connectivity index (χ0n) is 9.52. The van der Waals surface area contributed by atoms with Gasteiger partial charge in [0.05, 0.1) is 18.2 Å². The quantitative estimate of drug-likeness (QED) is 0.774. The Balaban J connectivity index is 1.87. The number of likely N-dealkylation sites (tertiary alicyclic amines) is 1. The second-order valence-corrected chi connectivity index (χ2v) is 4.37. The average molecular weight is 216 g/mol. The van der Waals surface area contributed by atoms with Gasteiger partial charge in [-0.05, 0) is 38.2 Å². The van der Waals surface area contributed by atoms with Crippen molar-refractivity contribution in [3.05, 3.63) is 29.8 Å². The Morgan fingerprint density at radius 1 is 1.56 bits per heavy atom. The van der Waals surface area contributed by atoms with Gasteiger partial charge < -0.3 is 9.64 Å². The van der Waals surface area contributed by atoms with Gasteiger partial charge in [0.15, 0.2) is 0 Å². The lowest BCUT2D eigenvalue weighted by Crippen LogP contribution is -2.17. The molecule has 0 radical (unpaired) electrons. The number of nitriles is 1. The van der Waals surface area contributed by atoms with Gasteiger partial charge in [-0.15, -0.1) is 0 Å². The Hall–Kier alpha value is -1.53. The summed E-state index contributed by atoms with van der Waals surface area (Å²) in [7, 11) is 2.14. The molecule has 1 saturated heterocycles. The lowest BCUT2D eigenvalue weighted by atomic mass is 10.1. The van der Waals surface area contributed by atoms with Crippen molar-refractivity contribution in [1.29, 1.82) is 5.26 Å². The third-order valence-corrected chi connectivity index (χ3v) is 2.94. The molecule has 1 aromatic carbocycles. The molecule has 0 spiro atoms. The normalized spacial score (nSPS) is 20.6. The number of hydrogen-bond acceptors (Lipinski definition) is 3. The van der Waals surface area contributed by atoms with E-state index in [1.807, 2.05) is 12.1 Å². The fourth-order valence-electron chi connectivity index (χ4n) is 2.03. The highest BCUT2D eigenvalue weighted by atomic mass is 16.5. The van der Waals surface area contributed by atoms with E-state index in [1.165, 1.54) is 6.42 Å². The van der Waals surface area contributed by atoms with Crippen LogP contribution < -0.4 is 4.74 Å². The molecular formula is C13H16N2O. The molecule has 1 atom stereocenters. The van der Waals surface area contributed by atoms with E-state index >= 15 is 0 Å². The van der Waals surface area contributed by atoms with Crippen LogP contribution in [0.3, 0.4) is 0 Å². The van der Waals surface area contributed by atoms with Crippen LogP contribution in [0.25, 0.3) is 0 Å². The lowest BCUT2D eigenvalue weighted by molar-refractivity contribution is 0.249. The van der Waals surface area contributed by atoms with Gasteiger partial charge in [-0.3, -0.25) is 0 Å². The summed E-state index contributed by atoms with van der Waals surface area (Å²) < 4.78 is 5.70. The molecule has 3 nitrogen and oxygen atoms in total. The molecular weight excluding hydrogens is 200 g/mol. The summed E-state index contributed by atoms with van der Waals surface area (Å²) in [6, 6.07) is 9.45. The predicted octanol–water partition coefficient (Wildman–Crippen LogP) is 1.89. The first kappa shape index (κ1) is 11.0. The summed E-state index contributed by atoms with van der Waals surface area (Å²) in [5.74, 6) is 1.42. The van der Waals surface area contributed by atoms with E-state index in [9.17, 15) is 0 Å². The summed E-state index contributed by atoms with van der Waals surface area (Å²) in [5, 5.41) is 8.76. The Kier molecular flexibility index (Phi) is 3.43. The van der Waals surface area contributed by atoms with Crippen LogP contribution in [-0.2, 0) is 0 Å². The summed E-state index contributed by atoms with van der Waals surface area (Å²) >= 11 is 0. The summed E-state index contributed by atoms with van der Waals surface area (Å²) in [4.78, 5) is 2.32. The smallest absolute Gasteiger partial charge is 0.120 e. The monoisotopic (exact) mass is 216 g/mol. The van der Waals surface area contributed by atoms with Crippen molar-refractivity contribution in [2.45, 2.75) is 6.42 Å². The molecule has 0 aliphatic carbocycles. The molecule has 0 saturated carbocycles. The molecule has 0 bridgehead atoms. The second kappa shape index (κ2) is 5.00. The average Bonchev–Trinajstić information content (AvgIpc) is 2.73. The number of hydrogen-bond donors (Lipinski definition) is 0. The van der Waals surface area contributed by atoms with Gasteiger partial charge in [-0.25, -0.2) is 0 Å². The van der Waals surface area contributed by atoms with Gasteiger partial charge in [-0.2, -0.15) is 5.26 Å². The van der Waals surface area contributed by atoms with Crippen LogP contribution in [0.2, 0.25) is 0 Å². The minimum atomic E-state index is 0.621. The summed E-state index contributed by atoms with van der Waals surface area (Å²) in [6.07, 6.45) is 1.20. The van der Waals surface area contributed by atoms with Crippen LogP contribution in [0.1, 0.15) is 12.0 Å². The van der Waals surface area contributed by atoms with Gasteiger partial charge in [-0.1, -0.05) is 6.07 Å². The topological polar surface area (TPSA) is 36.3 Å². The fraction of sp³-hybridized carbons (Fsp3) is 0.462. The number of rotatable bonds is 3. The van der Waals surface area contributed by atoms with Gasteiger partial charge in [0.1, 0.15) is 5.75 Å². The largest absolute Gasteiger partial charge is 0.493 e. The SMILES string of the molecule is CN1CCC(COc2cccc(C#N)c2)C1. The minimum Gasteiger partial charge on any atom is -0.493 e. The zero-order chi connectivity index (χ0) is 11.4. The summed E-state index contributed by atoms with van der Waals surface area (Å²) in [5.41, 5.74) is 0.654. The molecule has 1 heterocycles. The molecule has 1 unspecified atom stereocenters. The molecule has 1 aromatic rings. The van der Waals surface area contributed by atoms with Crippen LogP contribution >= 0.6 is 0 Å². The Morgan fingerprint density at radius 2 is 2.44 bits per heavy atom. The zero-order valence-corrected chi connectivity index (χ0v) is 9.52. The molecule has 0 amide bonds. The summed E-state index contributed by atoms with van der Waals surface area (Å²) in [6.45, 7) is 3.02. The van der Waals surface area contributed by atoms with Crippen LogP contribution in [0, 0.1) is 17.2 Å². The van der Waals surface area contributed by atoms with E-state index in [0.717, 1.165) is 25.4 Å². The predicted molar refractivity (Wildman–Crippen MR) is 62.3 cm³/mol. The van der Waals surface area contributed by atoms with Crippen molar-refractivity contribution in [3.63, 3.8) is 0 Å². The Bertz CT molecular complexity index is 397. The molecule has 2 rings (SSSR count). The van der Waals surface area contributed by atoms with Gasteiger partial charge in [0.25, 0.3) is 0 Å². The van der Waals surface area contributed by atoms with Crippen molar-refractivity contribution in [3.8, 4) is 11.8 Å². The maximum atomic E-state index is 8.76. The van der Waals surface area contributed by atoms with Crippen molar-refractivity contribution < 1.29 is 4.74 Å². The third kappa shape index (κ3) is 2.74. The molecule has 16 heavy (non-hydrogen) atoms. The first-order valence-corrected chi connectivity index (χ1v) is 5.59. The number of ether oxygens (including phenoxy) is 1. The molecule has 0 N–H and O–H groups in total. The Morgan fingerprint density at radius 3 is 3.12 bits per heavy atom. The molecule has 84 valence electrons. The number of nitrogens with zero attached hydrogens (tertiary/aromatic N) is 2. The van der Waals surface area contributed by atoms with E-state index < -0.39 is 0 Å². The highest BCUT2D eigenvalue weighted by Gasteiger charge is 2.19. The number of benzene rings is 1. The van der Waals surface area contributed by atoms with Gasteiger partial charge in [0, 0.05) is 12.5 Å². The first-order chi connectivity index (χ1) is 7.78. The maximum Gasteiger partial charge on any atom is 0.120 e. The van der Waals surface area contributed by atoms with E-state index in [1.54, 1.807) is 12.1 Å². The minimum absolute atomic E-state index is 0.621. The van der Waals surface area contributed by atoms with Gasteiger partial charge in [0.2, 0.25) is 0 Å². The van der Waals surface area contributed by atoms with Crippen LogP contribution in [0.4, 0.5) is 0 Å². The van der Waals surface area contributed by atoms with Crippen molar-refractivity contribution >= 4 is 0 Å². The van der Waals surface area contributed by atoms with E-state index in [2.05, 4.69) is 18.0 Å². The van der Waals surface area contributed by atoms with E-state index in [0.29, 0.717) is 11.5 Å². The molecule has 1 aliphatic rings. The molecule has 1 aliphatic heterocycles. The van der Waals surface area contributed by atoms with Crippen molar-refractivity contribution in [2.75, 3.05) is 26.7 Å². The van der Waals surface area contributed by atoms with Crippen LogP contribution in [0.15, 0.2) is 24.3 Å². The van der Waals surface area contributed by atoms with Crippen molar-refractivity contribution in [1.82, 2.24) is 4.90 Å². The third-order valence-electron chi connectivity index (χ3n) is 2.94. The van der Waals surface area contributed by atoms with Crippen LogP contribution in [0.5, 0.6) is 5.75 Å². The standard InChI is InChI=1S/C13H16N2O/c1-15-6-5-12(9-15)10-16-13-4-2-3-11(7-13)8-14/h2-4,7,12H,5-6,9-10H2,1H3. The lowest BCUT2D eigenvalue weighted by Gasteiger charge is -2.12. The molecule has 1 fully saturated rings. The van der Waals surface area contributed by atoms with E-state index in [-0.39, 0.29) is 0 Å². The maximum absolute atomic E-state index is 8.76. The Labute approximate surface area is 96.2 Å². The highest BCUT2D eigenvalue weighted by Crippen LogP contribution is 2.18. The van der Waals surface area contributed by atoms with E-state index in [4.69, 9.17) is 10.00 Å².